The van der Waals surface area contributed by atoms with Crippen LogP contribution in [-0.2, 0) is 4.74 Å². The second-order valence-electron chi connectivity index (χ2n) is 3.21. The zero-order valence-electron chi connectivity index (χ0n) is 8.83. The number of benzene rings is 1. The van der Waals surface area contributed by atoms with Crippen molar-refractivity contribution in [3.63, 3.8) is 0 Å². The minimum absolute atomic E-state index is 0.557. The molecule has 1 aromatic carbocycles. The Bertz CT molecular complexity index is 284. The average molecular weight is 230 g/mol. The molecule has 0 heterocycles. The lowest BCUT2D eigenvalue weighted by Gasteiger charge is -2.09. The van der Waals surface area contributed by atoms with Crippen molar-refractivity contribution in [3.05, 3.63) is 23.2 Å². The standard InChI is InChI=1S/C11H16ClNO2/c1-14-7-2-3-8-15-11-9(12)5-4-6-10(11)13/h4-6H,2-3,7-8,13H2,1H3. The number of nitrogens with two attached hydrogens (primary N) is 1. The molecule has 0 aliphatic heterocycles. The summed E-state index contributed by atoms with van der Waals surface area (Å²) in [4.78, 5) is 0. The van der Waals surface area contributed by atoms with E-state index in [-0.39, 0.29) is 0 Å². The Labute approximate surface area is 95.1 Å². The molecule has 4 heteroatoms. The van der Waals surface area contributed by atoms with Gasteiger partial charge in [0.05, 0.1) is 17.3 Å². The first kappa shape index (κ1) is 12.1. The summed E-state index contributed by atoms with van der Waals surface area (Å²) in [5.41, 5.74) is 6.31. The summed E-state index contributed by atoms with van der Waals surface area (Å²) in [5.74, 6) is 0.580. The van der Waals surface area contributed by atoms with Gasteiger partial charge in [0, 0.05) is 13.7 Å². The van der Waals surface area contributed by atoms with Crippen LogP contribution in [0.2, 0.25) is 5.02 Å². The number of nitrogen functional groups attached to an aromatic ring is 1. The number of unbranched alkanes of at least 4 members (excludes halogenated alkanes) is 1. The highest BCUT2D eigenvalue weighted by Gasteiger charge is 2.04. The fraction of sp³-hybridized carbons (Fsp3) is 0.455. The monoisotopic (exact) mass is 229 g/mol. The van der Waals surface area contributed by atoms with Crippen LogP contribution in [0.25, 0.3) is 0 Å². The Morgan fingerprint density at radius 1 is 1.27 bits per heavy atom. The van der Waals surface area contributed by atoms with Gasteiger partial charge in [-0.05, 0) is 25.0 Å². The molecule has 0 radical (unpaired) electrons. The van der Waals surface area contributed by atoms with Gasteiger partial charge in [0.1, 0.15) is 0 Å². The Hall–Kier alpha value is -0.930. The van der Waals surface area contributed by atoms with Crippen molar-refractivity contribution in [2.75, 3.05) is 26.1 Å². The molecular weight excluding hydrogens is 214 g/mol. The van der Waals surface area contributed by atoms with E-state index in [0.717, 1.165) is 19.4 Å². The molecule has 0 atom stereocenters. The lowest BCUT2D eigenvalue weighted by molar-refractivity contribution is 0.184. The van der Waals surface area contributed by atoms with Crippen LogP contribution in [0.3, 0.4) is 0 Å². The zero-order chi connectivity index (χ0) is 11.1. The molecule has 0 unspecified atom stereocenters. The van der Waals surface area contributed by atoms with Gasteiger partial charge >= 0.3 is 0 Å². The highest BCUT2D eigenvalue weighted by Crippen LogP contribution is 2.30. The van der Waals surface area contributed by atoms with Crippen LogP contribution in [0, 0.1) is 0 Å². The second kappa shape index (κ2) is 6.53. The maximum Gasteiger partial charge on any atom is 0.160 e. The number of hydrogen-bond acceptors (Lipinski definition) is 3. The molecule has 15 heavy (non-hydrogen) atoms. The highest BCUT2D eigenvalue weighted by atomic mass is 35.5. The van der Waals surface area contributed by atoms with Crippen LogP contribution in [0.1, 0.15) is 12.8 Å². The maximum atomic E-state index is 5.94. The minimum Gasteiger partial charge on any atom is -0.490 e. The summed E-state index contributed by atoms with van der Waals surface area (Å²) in [6.07, 6.45) is 1.90. The summed E-state index contributed by atoms with van der Waals surface area (Å²) in [7, 11) is 1.69. The van der Waals surface area contributed by atoms with Crippen LogP contribution in [0.5, 0.6) is 5.75 Å². The molecule has 0 amide bonds. The first-order valence-corrected chi connectivity index (χ1v) is 5.29. The predicted molar refractivity (Wildman–Crippen MR) is 62.5 cm³/mol. The molecule has 0 saturated heterocycles. The number of rotatable bonds is 6. The van der Waals surface area contributed by atoms with E-state index in [9.17, 15) is 0 Å². The Kier molecular flexibility index (Phi) is 5.29. The summed E-state index contributed by atoms with van der Waals surface area (Å²) in [6, 6.07) is 5.34. The van der Waals surface area contributed by atoms with Crippen LogP contribution in [0.15, 0.2) is 18.2 Å². The lowest BCUT2D eigenvalue weighted by atomic mass is 10.3. The summed E-state index contributed by atoms with van der Waals surface area (Å²) in [5, 5.41) is 0.557. The number of halogens is 1. The van der Waals surface area contributed by atoms with E-state index in [4.69, 9.17) is 26.8 Å². The van der Waals surface area contributed by atoms with Crippen molar-refractivity contribution in [3.8, 4) is 5.75 Å². The third-order valence-corrected chi connectivity index (χ3v) is 2.28. The van der Waals surface area contributed by atoms with E-state index in [0.29, 0.717) is 23.1 Å². The number of hydrogen-bond donors (Lipinski definition) is 1. The molecule has 84 valence electrons. The summed E-state index contributed by atoms with van der Waals surface area (Å²) < 4.78 is 10.4. The summed E-state index contributed by atoms with van der Waals surface area (Å²) >= 11 is 5.94. The van der Waals surface area contributed by atoms with Gasteiger partial charge in [-0.15, -0.1) is 0 Å². The Balaban J connectivity index is 2.37. The van der Waals surface area contributed by atoms with Crippen molar-refractivity contribution < 1.29 is 9.47 Å². The van der Waals surface area contributed by atoms with E-state index in [1.54, 1.807) is 25.3 Å². The van der Waals surface area contributed by atoms with Crippen molar-refractivity contribution in [1.82, 2.24) is 0 Å². The maximum absolute atomic E-state index is 5.94. The molecule has 0 aliphatic carbocycles. The minimum atomic E-state index is 0.557. The van der Waals surface area contributed by atoms with E-state index < -0.39 is 0 Å². The van der Waals surface area contributed by atoms with Crippen molar-refractivity contribution in [2.45, 2.75) is 12.8 Å². The van der Waals surface area contributed by atoms with Gasteiger partial charge in [-0.25, -0.2) is 0 Å². The zero-order valence-corrected chi connectivity index (χ0v) is 9.59. The van der Waals surface area contributed by atoms with Crippen LogP contribution < -0.4 is 10.5 Å². The molecule has 1 rings (SSSR count). The van der Waals surface area contributed by atoms with Crippen LogP contribution >= 0.6 is 11.6 Å². The summed E-state index contributed by atoms with van der Waals surface area (Å²) in [6.45, 7) is 1.36. The largest absolute Gasteiger partial charge is 0.490 e. The SMILES string of the molecule is COCCCCOc1c(N)cccc1Cl. The van der Waals surface area contributed by atoms with Gasteiger partial charge in [0.15, 0.2) is 5.75 Å². The molecule has 1 aromatic rings. The topological polar surface area (TPSA) is 44.5 Å². The Morgan fingerprint density at radius 2 is 2.00 bits per heavy atom. The van der Waals surface area contributed by atoms with E-state index in [2.05, 4.69) is 0 Å². The van der Waals surface area contributed by atoms with Crippen molar-refractivity contribution in [2.24, 2.45) is 0 Å². The third kappa shape index (κ3) is 3.98. The lowest BCUT2D eigenvalue weighted by Crippen LogP contribution is -2.02. The smallest absolute Gasteiger partial charge is 0.160 e. The fourth-order valence-corrected chi connectivity index (χ4v) is 1.44. The van der Waals surface area contributed by atoms with Gasteiger partial charge in [-0.2, -0.15) is 0 Å². The van der Waals surface area contributed by atoms with Crippen molar-refractivity contribution in [1.29, 1.82) is 0 Å². The van der Waals surface area contributed by atoms with Crippen LogP contribution in [0.4, 0.5) is 5.69 Å². The molecule has 0 fully saturated rings. The van der Waals surface area contributed by atoms with Crippen LogP contribution in [-0.4, -0.2) is 20.3 Å². The Morgan fingerprint density at radius 3 is 2.67 bits per heavy atom. The third-order valence-electron chi connectivity index (χ3n) is 1.99. The van der Waals surface area contributed by atoms with Gasteiger partial charge in [-0.1, -0.05) is 17.7 Å². The highest BCUT2D eigenvalue weighted by molar-refractivity contribution is 6.32. The normalized spacial score (nSPS) is 10.3. The predicted octanol–water partition coefficient (Wildman–Crippen LogP) is 2.73. The molecule has 2 N–H and O–H groups in total. The molecule has 0 bridgehead atoms. The number of methoxy groups -OCH3 is 1. The molecule has 0 spiro atoms. The molecule has 0 saturated carbocycles. The molecule has 3 nitrogen and oxygen atoms in total. The number of ether oxygens (including phenoxy) is 2. The first-order chi connectivity index (χ1) is 7.25. The van der Waals surface area contributed by atoms with Gasteiger partial charge in [0.25, 0.3) is 0 Å². The first-order valence-electron chi connectivity index (χ1n) is 4.91. The van der Waals surface area contributed by atoms with Crippen molar-refractivity contribution >= 4 is 17.3 Å². The molecular formula is C11H16ClNO2. The second-order valence-corrected chi connectivity index (χ2v) is 3.61. The fourth-order valence-electron chi connectivity index (χ4n) is 1.20. The molecule has 0 aromatic heterocycles. The quantitative estimate of drug-likeness (QED) is 0.603. The van der Waals surface area contributed by atoms with E-state index in [1.807, 2.05) is 0 Å². The molecule has 0 aliphatic rings. The van der Waals surface area contributed by atoms with E-state index in [1.165, 1.54) is 0 Å². The average Bonchev–Trinajstić information content (AvgIpc) is 2.21. The van der Waals surface area contributed by atoms with E-state index >= 15 is 0 Å². The van der Waals surface area contributed by atoms with Gasteiger partial charge in [-0.3, -0.25) is 0 Å². The van der Waals surface area contributed by atoms with Gasteiger partial charge < -0.3 is 15.2 Å². The van der Waals surface area contributed by atoms with Gasteiger partial charge in [0.2, 0.25) is 0 Å². The number of para-hydroxylation sites is 1. The number of anilines is 1.